The second-order valence-electron chi connectivity index (χ2n) is 26.5. The molecule has 8 aromatic heterocycles. The van der Waals surface area contributed by atoms with Crippen molar-refractivity contribution in [2.45, 2.75) is 32.1 Å². The van der Waals surface area contributed by atoms with Crippen LogP contribution in [0.3, 0.4) is 0 Å². The smallest absolute Gasteiger partial charge is 0.269 e. The first-order valence-electron chi connectivity index (χ1n) is 36.9. The number of likely N-dealkylation sites (N-methyl/N-ethyl adjacent to an activating group) is 1. The molecule has 11 heterocycles. The van der Waals surface area contributed by atoms with Gasteiger partial charge in [-0.25, -0.2) is 19.9 Å². The van der Waals surface area contributed by atoms with Crippen molar-refractivity contribution in [2.24, 2.45) is 10.7 Å². The minimum absolute atomic E-state index is 0.0692. The van der Waals surface area contributed by atoms with E-state index in [1.165, 1.54) is 51.8 Å². The summed E-state index contributed by atoms with van der Waals surface area (Å²) in [7, 11) is 2.00. The number of hydrogen-bond acceptors (Lipinski definition) is 21. The number of benzene rings is 4. The quantitative estimate of drug-likeness (QED) is 0.0249. The van der Waals surface area contributed by atoms with E-state index in [0.29, 0.717) is 105 Å². The highest BCUT2D eigenvalue weighted by Crippen LogP contribution is 2.31. The molecule has 0 aliphatic carbocycles. The van der Waals surface area contributed by atoms with Gasteiger partial charge in [0.2, 0.25) is 0 Å². The number of halogens is 4. The monoisotopic (exact) mass is 1930 g/mol. The Bertz CT molecular complexity index is 5750. The van der Waals surface area contributed by atoms with E-state index >= 15 is 0 Å². The van der Waals surface area contributed by atoms with E-state index in [1.807, 2.05) is 24.1 Å². The van der Waals surface area contributed by atoms with Crippen LogP contribution in [0.1, 0.15) is 134 Å². The lowest BCUT2D eigenvalue weighted by Crippen LogP contribution is -2.35. The number of nitrogens with two attached hydrogens (primary N) is 1. The number of carbonyl (C=O) groups is 8. The molecule has 2 saturated heterocycles. The molecule has 0 atom stereocenters. The van der Waals surface area contributed by atoms with Gasteiger partial charge < -0.3 is 63.0 Å². The van der Waals surface area contributed by atoms with Gasteiger partial charge in [-0.3, -0.25) is 59.6 Å². The third-order valence-electron chi connectivity index (χ3n) is 18.2. The number of aromatic nitrogens is 4. The highest BCUT2D eigenvalue weighted by molar-refractivity contribution is 9.11. The summed E-state index contributed by atoms with van der Waals surface area (Å²) >= 11 is 18.2. The second kappa shape index (κ2) is 42.0. The molecule has 610 valence electrons. The molecule has 13 N–H and O–H groups in total. The number of thiophene rings is 4. The van der Waals surface area contributed by atoms with Gasteiger partial charge in [0, 0.05) is 127 Å². The van der Waals surface area contributed by atoms with E-state index in [-0.39, 0.29) is 53.1 Å². The summed E-state index contributed by atoms with van der Waals surface area (Å²) in [5.74, 6) is 0.919. The summed E-state index contributed by atoms with van der Waals surface area (Å²) in [5, 5.41) is 53.2. The van der Waals surface area contributed by atoms with Crippen LogP contribution >= 0.6 is 109 Å². The predicted molar refractivity (Wildman–Crippen MR) is 489 cm³/mol. The first kappa shape index (κ1) is 87.2. The number of carbonyl (C=O) groups excluding carboxylic acids is 8. The lowest BCUT2D eigenvalue weighted by atomic mass is 10.1. The fourth-order valence-corrected chi connectivity index (χ4v) is 15.9. The zero-order valence-corrected chi connectivity index (χ0v) is 73.2. The Labute approximate surface area is 738 Å². The highest BCUT2D eigenvalue weighted by Gasteiger charge is 2.25. The maximum absolute atomic E-state index is 12.7. The molecule has 2 fully saturated rings. The fourth-order valence-electron chi connectivity index (χ4n) is 12.0. The number of aliphatic imine (C=N–C) groups is 1. The molecular weight excluding hydrogens is 1860 g/mol. The fraction of sp³-hybridized carbons (Fsp3) is 0.143. The van der Waals surface area contributed by atoms with Crippen LogP contribution in [0.4, 0.5) is 46.0 Å². The van der Waals surface area contributed by atoms with Crippen molar-refractivity contribution in [3.63, 3.8) is 0 Å². The number of nitrogen functional groups attached to an aromatic ring is 1. The van der Waals surface area contributed by atoms with Crippen LogP contribution in [-0.4, -0.2) is 152 Å². The molecular formula is C84H74Br4N20O8S4. The minimum atomic E-state index is -0.362. The van der Waals surface area contributed by atoms with Crippen molar-refractivity contribution < 1.29 is 38.4 Å². The van der Waals surface area contributed by atoms with Crippen molar-refractivity contribution in [3.05, 3.63) is 298 Å². The molecule has 15 rings (SSSR count). The number of nitrogens with one attached hydrogen (secondary N) is 11. The zero-order valence-electron chi connectivity index (χ0n) is 63.6. The molecule has 120 heavy (non-hydrogen) atoms. The SMILES string of the molecule is CN1CCN=C1c1ccc(C(=O)Nc2ccsc2C(=O)Nc2ccc(Br)cn2)cc1.N=C(N)c1ccc(C(=O)Nc2ccsc2C(=O)Nc2ccc(Br)cn2)cc1.N=C(c1ccc(C(=O)Nc2ccsc2C(=O)Nc2ccc(Br)cn2)cc1)N1CCCC1.N=C(c1ccc(C(=O)Nc2ccsc2C(=O)Nc2ccc(Br)cn2)cc1)N1CCCCC1. The summed E-state index contributed by atoms with van der Waals surface area (Å²) in [6.45, 7) is 5.29. The Balaban J connectivity index is 0.000000147. The van der Waals surface area contributed by atoms with Crippen LogP contribution in [0.2, 0.25) is 0 Å². The number of piperidine rings is 1. The van der Waals surface area contributed by atoms with Crippen LogP contribution in [0.15, 0.2) is 239 Å². The average Bonchev–Trinajstić information content (AvgIpc) is 1.44. The number of nitrogens with zero attached hydrogens (tertiary/aromatic N) is 8. The zero-order chi connectivity index (χ0) is 84.8. The van der Waals surface area contributed by atoms with Gasteiger partial charge >= 0.3 is 0 Å². The number of pyridine rings is 4. The van der Waals surface area contributed by atoms with E-state index in [1.54, 1.807) is 204 Å². The van der Waals surface area contributed by atoms with Crippen LogP contribution in [0.5, 0.6) is 0 Å². The molecule has 4 aromatic carbocycles. The standard InChI is InChI=1S/C23H22BrN5O2S.C22H20BrN5O2S.C21H18BrN5O2S.C18H14BrN5O2S/c24-17-8-9-19(26-14-17)28-23(31)20-18(10-13-32-20)27-22(30)16-6-4-15(5-7-16)21(25)29-11-2-1-3-12-29;23-16-7-8-18(25-13-16)27-22(30)19-17(9-12-31-19)26-21(29)15-5-3-14(4-6-15)20(24)28-10-1-2-11-28;1-27-10-9-23-19(27)13-2-4-14(5-3-13)20(28)25-16-8-11-30-18(16)21(29)26-17-7-6-15(22)12-24-17;19-12-5-6-14(22-9-12)24-18(26)15-13(7-8-27-15)23-17(25)11-3-1-10(2-4-11)16(20)21/h4-10,13-14,25H,1-3,11-12H2,(H,27,30)(H,26,28,31);3-9,12-13,24H,1-2,10-11H2,(H,26,29)(H,25,27,30);2-8,11-12H,9-10H2,1H3,(H,25,28)(H,24,26,29);1-9H,(H3,20,21)(H,23,25)(H,22,24,26). The van der Waals surface area contributed by atoms with Gasteiger partial charge in [0.15, 0.2) is 0 Å². The van der Waals surface area contributed by atoms with Crippen molar-refractivity contribution in [2.75, 3.05) is 88.9 Å². The molecule has 0 spiro atoms. The lowest BCUT2D eigenvalue weighted by Gasteiger charge is -2.29. The number of anilines is 8. The van der Waals surface area contributed by atoms with Gasteiger partial charge in [-0.2, -0.15) is 0 Å². The molecule has 36 heteroatoms. The number of amidine groups is 4. The Morgan fingerprint density at radius 3 is 0.858 bits per heavy atom. The Morgan fingerprint density at radius 1 is 0.333 bits per heavy atom. The largest absolute Gasteiger partial charge is 0.384 e. The number of likely N-dealkylation sites (tertiary alicyclic amines) is 2. The van der Waals surface area contributed by atoms with Gasteiger partial charge in [-0.1, -0.05) is 48.5 Å². The van der Waals surface area contributed by atoms with Crippen molar-refractivity contribution >= 4 is 226 Å². The predicted octanol–water partition coefficient (Wildman–Crippen LogP) is 17.8. The first-order valence-corrected chi connectivity index (χ1v) is 43.6. The van der Waals surface area contributed by atoms with Crippen molar-refractivity contribution in [1.29, 1.82) is 16.2 Å². The molecule has 0 radical (unpaired) electrons. The van der Waals surface area contributed by atoms with Gasteiger partial charge in [-0.15, -0.1) is 45.3 Å². The Kier molecular flexibility index (Phi) is 30.5. The second-order valence-corrected chi connectivity index (χ2v) is 33.8. The lowest BCUT2D eigenvalue weighted by molar-refractivity contribution is 0.101. The summed E-state index contributed by atoms with van der Waals surface area (Å²) in [6, 6.07) is 48.3. The van der Waals surface area contributed by atoms with Gasteiger partial charge in [0.05, 0.1) is 29.3 Å². The molecule has 12 aromatic rings. The Morgan fingerprint density at radius 2 is 0.600 bits per heavy atom. The van der Waals surface area contributed by atoms with Crippen LogP contribution in [0.25, 0.3) is 0 Å². The maximum atomic E-state index is 12.7. The van der Waals surface area contributed by atoms with Gasteiger partial charge in [0.25, 0.3) is 47.3 Å². The summed E-state index contributed by atoms with van der Waals surface area (Å²) < 4.78 is 3.26. The summed E-state index contributed by atoms with van der Waals surface area (Å²) in [4.78, 5) is 130. The summed E-state index contributed by atoms with van der Waals surface area (Å²) in [6.07, 6.45) is 12.0. The molecule has 8 amide bonds. The van der Waals surface area contributed by atoms with E-state index < -0.39 is 0 Å². The average molecular weight is 1940 g/mol. The van der Waals surface area contributed by atoms with Crippen LogP contribution < -0.4 is 48.3 Å². The van der Waals surface area contributed by atoms with E-state index in [9.17, 15) is 38.4 Å². The normalized spacial score (nSPS) is 12.6. The van der Waals surface area contributed by atoms with E-state index in [0.717, 1.165) is 105 Å². The van der Waals surface area contributed by atoms with Crippen LogP contribution in [0, 0.1) is 16.2 Å². The van der Waals surface area contributed by atoms with Crippen molar-refractivity contribution in [1.82, 2.24) is 34.6 Å². The van der Waals surface area contributed by atoms with Gasteiger partial charge in [0.1, 0.15) is 66.1 Å². The topological polar surface area (TPSA) is 404 Å². The number of hydrogen-bond donors (Lipinski definition) is 12. The number of rotatable bonds is 20. The molecule has 0 bridgehead atoms. The minimum Gasteiger partial charge on any atom is -0.384 e. The van der Waals surface area contributed by atoms with Crippen molar-refractivity contribution in [3.8, 4) is 0 Å². The van der Waals surface area contributed by atoms with Gasteiger partial charge in [-0.05, 0) is 239 Å². The number of amides is 8. The van der Waals surface area contributed by atoms with Crippen LogP contribution in [-0.2, 0) is 0 Å². The highest BCUT2D eigenvalue weighted by atomic mass is 79.9. The molecule has 0 unspecified atom stereocenters. The molecule has 3 aliphatic rings. The maximum Gasteiger partial charge on any atom is 0.269 e. The third kappa shape index (κ3) is 23.9. The van der Waals surface area contributed by atoms with E-state index in [4.69, 9.17) is 22.0 Å². The summed E-state index contributed by atoms with van der Waals surface area (Å²) in [5.41, 5.74) is 12.1. The molecule has 3 aliphatic heterocycles. The Hall–Kier alpha value is -12.2. The third-order valence-corrected chi connectivity index (χ3v) is 23.7. The van der Waals surface area contributed by atoms with E-state index in [2.05, 4.69) is 141 Å². The molecule has 28 nitrogen and oxygen atoms in total. The first-order chi connectivity index (χ1) is 58.0. The molecule has 0 saturated carbocycles.